The smallest absolute Gasteiger partial charge is 0.211 e. The van der Waals surface area contributed by atoms with Crippen LogP contribution in [-0.4, -0.2) is 51.8 Å². The van der Waals surface area contributed by atoms with E-state index in [1.807, 2.05) is 23.7 Å². The number of sulfonamides is 1. The summed E-state index contributed by atoms with van der Waals surface area (Å²) in [6.07, 6.45) is 6.24. The standard InChI is InChI=1S/C15H21N5O2S/c1-3-20-15(4-6-18-20)14-9-13(16-11-17-14)8-12-5-7-19(10-12)23(2,21)22/h4,6,9,11-12H,3,5,7-8,10H2,1-2H3. The van der Waals surface area contributed by atoms with Gasteiger partial charge in [-0.1, -0.05) is 0 Å². The second-order valence-corrected chi connectivity index (χ2v) is 7.89. The molecule has 0 N–H and O–H groups in total. The molecule has 3 heterocycles. The van der Waals surface area contributed by atoms with Crippen LogP contribution in [0.3, 0.4) is 0 Å². The van der Waals surface area contributed by atoms with Gasteiger partial charge in [0.25, 0.3) is 0 Å². The van der Waals surface area contributed by atoms with Crippen LogP contribution in [0.15, 0.2) is 24.7 Å². The average Bonchev–Trinajstić information content (AvgIpc) is 3.15. The predicted octanol–water partition coefficient (Wildman–Crippen LogP) is 1.18. The second kappa shape index (κ2) is 6.37. The Kier molecular flexibility index (Phi) is 4.45. The van der Waals surface area contributed by atoms with Crippen molar-refractivity contribution in [2.75, 3.05) is 19.3 Å². The fraction of sp³-hybridized carbons (Fsp3) is 0.533. The second-order valence-electron chi connectivity index (χ2n) is 5.91. The minimum absolute atomic E-state index is 0.309. The summed E-state index contributed by atoms with van der Waals surface area (Å²) in [7, 11) is -3.09. The molecule has 0 aliphatic carbocycles. The van der Waals surface area contributed by atoms with E-state index in [2.05, 4.69) is 15.1 Å². The summed E-state index contributed by atoms with van der Waals surface area (Å²) in [5, 5.41) is 4.26. The van der Waals surface area contributed by atoms with Gasteiger partial charge in [0.15, 0.2) is 0 Å². The summed E-state index contributed by atoms with van der Waals surface area (Å²) in [5.41, 5.74) is 2.77. The van der Waals surface area contributed by atoms with Gasteiger partial charge in [-0.3, -0.25) is 4.68 Å². The zero-order valence-corrected chi connectivity index (χ0v) is 14.2. The van der Waals surface area contributed by atoms with Crippen LogP contribution in [0.1, 0.15) is 19.0 Å². The molecule has 0 bridgehead atoms. The number of hydrogen-bond acceptors (Lipinski definition) is 5. The molecule has 1 atom stereocenters. The third-order valence-electron chi connectivity index (χ3n) is 4.22. The molecule has 0 amide bonds. The van der Waals surface area contributed by atoms with Gasteiger partial charge in [-0.15, -0.1) is 0 Å². The molecule has 1 aliphatic heterocycles. The Labute approximate surface area is 136 Å². The van der Waals surface area contributed by atoms with Crippen LogP contribution < -0.4 is 0 Å². The SMILES string of the molecule is CCn1nccc1-c1cc(CC2CCN(S(C)(=O)=O)C2)ncn1. The average molecular weight is 335 g/mol. The van der Waals surface area contributed by atoms with Crippen molar-refractivity contribution in [3.05, 3.63) is 30.4 Å². The topological polar surface area (TPSA) is 81.0 Å². The van der Waals surface area contributed by atoms with Crippen molar-refractivity contribution < 1.29 is 8.42 Å². The van der Waals surface area contributed by atoms with Crippen LogP contribution in [0.25, 0.3) is 11.4 Å². The Morgan fingerprint density at radius 3 is 2.87 bits per heavy atom. The fourth-order valence-electron chi connectivity index (χ4n) is 3.01. The Bertz CT molecular complexity index is 787. The molecule has 3 rings (SSSR count). The minimum Gasteiger partial charge on any atom is -0.264 e. The molecule has 0 radical (unpaired) electrons. The molecule has 23 heavy (non-hydrogen) atoms. The van der Waals surface area contributed by atoms with Crippen molar-refractivity contribution in [1.82, 2.24) is 24.1 Å². The zero-order chi connectivity index (χ0) is 16.4. The molecule has 0 spiro atoms. The van der Waals surface area contributed by atoms with E-state index in [4.69, 9.17) is 0 Å². The van der Waals surface area contributed by atoms with E-state index in [1.54, 1.807) is 16.8 Å². The maximum Gasteiger partial charge on any atom is 0.211 e. The summed E-state index contributed by atoms with van der Waals surface area (Å²) < 4.78 is 26.6. The van der Waals surface area contributed by atoms with Gasteiger partial charge in [-0.05, 0) is 37.8 Å². The maximum absolute atomic E-state index is 11.6. The molecular formula is C15H21N5O2S. The van der Waals surface area contributed by atoms with Crippen LogP contribution in [0.5, 0.6) is 0 Å². The lowest BCUT2D eigenvalue weighted by Gasteiger charge is -2.13. The maximum atomic E-state index is 11.6. The molecule has 2 aromatic heterocycles. The number of nitrogens with zero attached hydrogens (tertiary/aromatic N) is 5. The van der Waals surface area contributed by atoms with Crippen molar-refractivity contribution in [2.45, 2.75) is 26.3 Å². The molecule has 1 saturated heterocycles. The van der Waals surface area contributed by atoms with E-state index in [-0.39, 0.29) is 0 Å². The minimum atomic E-state index is -3.09. The van der Waals surface area contributed by atoms with Crippen molar-refractivity contribution in [1.29, 1.82) is 0 Å². The lowest BCUT2D eigenvalue weighted by Crippen LogP contribution is -2.27. The van der Waals surface area contributed by atoms with Gasteiger partial charge in [-0.25, -0.2) is 22.7 Å². The molecule has 0 saturated carbocycles. The normalized spacial score (nSPS) is 19.3. The van der Waals surface area contributed by atoms with Gasteiger partial charge in [0.05, 0.1) is 17.6 Å². The summed E-state index contributed by atoms with van der Waals surface area (Å²) in [4.78, 5) is 8.69. The lowest BCUT2D eigenvalue weighted by atomic mass is 10.0. The van der Waals surface area contributed by atoms with Crippen LogP contribution in [0.2, 0.25) is 0 Å². The summed E-state index contributed by atoms with van der Waals surface area (Å²) in [6, 6.07) is 3.92. The number of rotatable bonds is 5. The van der Waals surface area contributed by atoms with Crippen LogP contribution in [0.4, 0.5) is 0 Å². The Morgan fingerprint density at radius 2 is 2.17 bits per heavy atom. The highest BCUT2D eigenvalue weighted by molar-refractivity contribution is 7.88. The van der Waals surface area contributed by atoms with E-state index in [0.29, 0.717) is 19.0 Å². The Hall–Kier alpha value is -1.80. The molecule has 124 valence electrons. The summed E-state index contributed by atoms with van der Waals surface area (Å²) >= 11 is 0. The van der Waals surface area contributed by atoms with Gasteiger partial charge < -0.3 is 0 Å². The zero-order valence-electron chi connectivity index (χ0n) is 13.4. The van der Waals surface area contributed by atoms with Crippen LogP contribution >= 0.6 is 0 Å². The highest BCUT2D eigenvalue weighted by Crippen LogP contribution is 2.23. The first-order valence-electron chi connectivity index (χ1n) is 7.75. The number of aromatic nitrogens is 4. The monoisotopic (exact) mass is 335 g/mol. The van der Waals surface area contributed by atoms with Crippen molar-refractivity contribution in [3.8, 4) is 11.4 Å². The van der Waals surface area contributed by atoms with Crippen LogP contribution in [-0.2, 0) is 23.0 Å². The predicted molar refractivity (Wildman–Crippen MR) is 87.2 cm³/mol. The van der Waals surface area contributed by atoms with Crippen molar-refractivity contribution in [2.24, 2.45) is 5.92 Å². The fourth-order valence-corrected chi connectivity index (χ4v) is 3.93. The Morgan fingerprint density at radius 1 is 1.35 bits per heavy atom. The third-order valence-corrected chi connectivity index (χ3v) is 5.49. The van der Waals surface area contributed by atoms with Gasteiger partial charge in [-0.2, -0.15) is 5.10 Å². The molecule has 1 fully saturated rings. The number of aryl methyl sites for hydroxylation is 1. The molecule has 1 unspecified atom stereocenters. The largest absolute Gasteiger partial charge is 0.264 e. The van der Waals surface area contributed by atoms with Gasteiger partial charge >= 0.3 is 0 Å². The van der Waals surface area contributed by atoms with Gasteiger partial charge in [0.2, 0.25) is 10.0 Å². The highest BCUT2D eigenvalue weighted by Gasteiger charge is 2.28. The first-order chi connectivity index (χ1) is 11.0. The van der Waals surface area contributed by atoms with Gasteiger partial charge in [0.1, 0.15) is 6.33 Å². The molecule has 8 heteroatoms. The molecule has 0 aromatic carbocycles. The molecule has 1 aliphatic rings. The van der Waals surface area contributed by atoms with Crippen LogP contribution in [0, 0.1) is 5.92 Å². The van der Waals surface area contributed by atoms with Crippen molar-refractivity contribution >= 4 is 10.0 Å². The molecular weight excluding hydrogens is 314 g/mol. The van der Waals surface area contributed by atoms with Gasteiger partial charge in [0, 0.05) is 31.5 Å². The molecule has 7 nitrogen and oxygen atoms in total. The lowest BCUT2D eigenvalue weighted by molar-refractivity contribution is 0.459. The quantitative estimate of drug-likeness (QED) is 0.820. The van der Waals surface area contributed by atoms with E-state index in [9.17, 15) is 8.42 Å². The van der Waals surface area contributed by atoms with E-state index >= 15 is 0 Å². The van der Waals surface area contributed by atoms with E-state index in [1.165, 1.54) is 6.26 Å². The highest BCUT2D eigenvalue weighted by atomic mass is 32.2. The first kappa shape index (κ1) is 16.1. The summed E-state index contributed by atoms with van der Waals surface area (Å²) in [6.45, 7) is 4.00. The number of hydrogen-bond donors (Lipinski definition) is 0. The first-order valence-corrected chi connectivity index (χ1v) is 9.60. The van der Waals surface area contributed by atoms with E-state index in [0.717, 1.165) is 36.5 Å². The summed E-state index contributed by atoms with van der Waals surface area (Å²) in [5.74, 6) is 0.309. The van der Waals surface area contributed by atoms with Crippen molar-refractivity contribution in [3.63, 3.8) is 0 Å². The third kappa shape index (κ3) is 3.59. The van der Waals surface area contributed by atoms with E-state index < -0.39 is 10.0 Å². The Balaban J connectivity index is 1.74. The molecule has 2 aromatic rings.